The van der Waals surface area contributed by atoms with Crippen molar-refractivity contribution >= 4 is 16.0 Å². The molecule has 1 heterocycles. The fraction of sp³-hybridized carbons (Fsp3) is 0.462. The lowest BCUT2D eigenvalue weighted by Gasteiger charge is -2.21. The summed E-state index contributed by atoms with van der Waals surface area (Å²) in [6.07, 6.45) is -0.808. The summed E-state index contributed by atoms with van der Waals surface area (Å²) in [5, 5.41) is 9.65. The van der Waals surface area contributed by atoms with Gasteiger partial charge in [0.15, 0.2) is 0 Å². The van der Waals surface area contributed by atoms with Gasteiger partial charge in [-0.2, -0.15) is 4.31 Å². The Morgan fingerprint density at radius 2 is 1.95 bits per heavy atom. The summed E-state index contributed by atoms with van der Waals surface area (Å²) >= 11 is 0. The highest BCUT2D eigenvalue weighted by Gasteiger charge is 2.44. The maximum atomic E-state index is 12.5. The van der Waals surface area contributed by atoms with Crippen molar-refractivity contribution in [3.05, 3.63) is 29.8 Å². The standard InChI is InChI=1S/C13H17NO5S/c1-9-3-5-11(6-4-9)20(17,18)14-8-10(15)7-12(14)13(16)19-2/h3-6,10,12,15H,7-8H2,1-2H3/t10-,12-/m0/s1. The second-order valence-corrected chi connectivity index (χ2v) is 6.71. The molecule has 110 valence electrons. The first-order valence-electron chi connectivity index (χ1n) is 6.20. The van der Waals surface area contributed by atoms with Crippen LogP contribution in [0.3, 0.4) is 0 Å². The predicted octanol–water partition coefficient (Wildman–Crippen LogP) is 0.292. The molecule has 0 aromatic heterocycles. The molecule has 1 fully saturated rings. The summed E-state index contributed by atoms with van der Waals surface area (Å²) in [5.74, 6) is -0.655. The Balaban J connectivity index is 2.37. The first-order chi connectivity index (χ1) is 9.36. The van der Waals surface area contributed by atoms with Crippen LogP contribution < -0.4 is 0 Å². The zero-order chi connectivity index (χ0) is 14.9. The van der Waals surface area contributed by atoms with E-state index in [1.165, 1.54) is 19.2 Å². The molecule has 1 aliphatic rings. The van der Waals surface area contributed by atoms with Crippen LogP contribution in [-0.4, -0.2) is 49.6 Å². The normalized spacial score (nSPS) is 23.8. The molecule has 1 saturated heterocycles. The van der Waals surface area contributed by atoms with Crippen molar-refractivity contribution < 1.29 is 23.1 Å². The molecule has 0 unspecified atom stereocenters. The van der Waals surface area contributed by atoms with Gasteiger partial charge in [-0.15, -0.1) is 0 Å². The van der Waals surface area contributed by atoms with Crippen LogP contribution in [0.25, 0.3) is 0 Å². The topological polar surface area (TPSA) is 83.9 Å². The maximum absolute atomic E-state index is 12.5. The van der Waals surface area contributed by atoms with Gasteiger partial charge in [-0.25, -0.2) is 8.42 Å². The average molecular weight is 299 g/mol. The van der Waals surface area contributed by atoms with Crippen LogP contribution >= 0.6 is 0 Å². The minimum absolute atomic E-state index is 0.0533. The van der Waals surface area contributed by atoms with E-state index in [0.717, 1.165) is 9.87 Å². The summed E-state index contributed by atoms with van der Waals surface area (Å²) in [4.78, 5) is 11.8. The number of aryl methyl sites for hydroxylation is 1. The van der Waals surface area contributed by atoms with E-state index in [1.54, 1.807) is 12.1 Å². The van der Waals surface area contributed by atoms with Crippen molar-refractivity contribution in [1.82, 2.24) is 4.31 Å². The predicted molar refractivity (Wildman–Crippen MR) is 71.5 cm³/mol. The van der Waals surface area contributed by atoms with E-state index in [-0.39, 0.29) is 17.9 Å². The molecule has 0 radical (unpaired) electrons. The summed E-state index contributed by atoms with van der Waals surface area (Å²) in [6, 6.07) is 5.38. The number of carbonyl (C=O) groups is 1. The van der Waals surface area contributed by atoms with E-state index >= 15 is 0 Å². The third-order valence-electron chi connectivity index (χ3n) is 3.33. The number of β-amino-alcohol motifs (C(OH)–C–C–N with tert-alkyl or cyclic N) is 1. The van der Waals surface area contributed by atoms with Gasteiger partial charge in [0.1, 0.15) is 6.04 Å². The van der Waals surface area contributed by atoms with Crippen LogP contribution in [-0.2, 0) is 19.6 Å². The third kappa shape index (κ3) is 2.70. The molecule has 1 aromatic carbocycles. The Kier molecular flexibility index (Phi) is 4.12. The van der Waals surface area contributed by atoms with Crippen molar-refractivity contribution in [2.24, 2.45) is 0 Å². The number of esters is 1. The largest absolute Gasteiger partial charge is 0.468 e. The van der Waals surface area contributed by atoms with Crippen molar-refractivity contribution in [2.45, 2.75) is 30.4 Å². The van der Waals surface area contributed by atoms with Crippen LogP contribution in [0.2, 0.25) is 0 Å². The summed E-state index contributed by atoms with van der Waals surface area (Å²) in [7, 11) is -2.62. The highest BCUT2D eigenvalue weighted by molar-refractivity contribution is 7.89. The zero-order valence-corrected chi connectivity index (χ0v) is 12.1. The van der Waals surface area contributed by atoms with Gasteiger partial charge in [0.05, 0.1) is 18.1 Å². The SMILES string of the molecule is COC(=O)[C@@H]1C[C@H](O)CN1S(=O)(=O)c1ccc(C)cc1. The molecule has 1 aromatic rings. The number of sulfonamides is 1. The number of hydrogen-bond acceptors (Lipinski definition) is 5. The van der Waals surface area contributed by atoms with Crippen LogP contribution in [0.4, 0.5) is 0 Å². The van der Waals surface area contributed by atoms with E-state index in [4.69, 9.17) is 0 Å². The van der Waals surface area contributed by atoms with Gasteiger partial charge in [0, 0.05) is 13.0 Å². The lowest BCUT2D eigenvalue weighted by Crippen LogP contribution is -2.41. The number of rotatable bonds is 3. The lowest BCUT2D eigenvalue weighted by atomic mass is 10.2. The molecule has 0 spiro atoms. The second kappa shape index (κ2) is 5.51. The van der Waals surface area contributed by atoms with Gasteiger partial charge in [-0.3, -0.25) is 4.79 Å². The van der Waals surface area contributed by atoms with Crippen molar-refractivity contribution in [3.8, 4) is 0 Å². The highest BCUT2D eigenvalue weighted by Crippen LogP contribution is 2.27. The van der Waals surface area contributed by atoms with Gasteiger partial charge in [0.25, 0.3) is 0 Å². The molecule has 0 aliphatic carbocycles. The van der Waals surface area contributed by atoms with E-state index in [2.05, 4.69) is 4.74 Å². The molecule has 1 N–H and O–H groups in total. The summed E-state index contributed by atoms with van der Waals surface area (Å²) in [5.41, 5.74) is 0.940. The fourth-order valence-electron chi connectivity index (χ4n) is 2.25. The van der Waals surface area contributed by atoms with E-state index < -0.39 is 28.1 Å². The summed E-state index contributed by atoms with van der Waals surface area (Å²) in [6.45, 7) is 1.75. The Labute approximate surface area is 118 Å². The Morgan fingerprint density at radius 3 is 2.50 bits per heavy atom. The maximum Gasteiger partial charge on any atom is 0.324 e. The number of carbonyl (C=O) groups excluding carboxylic acids is 1. The monoisotopic (exact) mass is 299 g/mol. The molecule has 6 nitrogen and oxygen atoms in total. The molecule has 20 heavy (non-hydrogen) atoms. The fourth-order valence-corrected chi connectivity index (χ4v) is 3.87. The number of aliphatic hydroxyl groups is 1. The Morgan fingerprint density at radius 1 is 1.35 bits per heavy atom. The first kappa shape index (κ1) is 15.0. The molecule has 7 heteroatoms. The summed E-state index contributed by atoms with van der Waals surface area (Å²) < 4.78 is 30.7. The lowest BCUT2D eigenvalue weighted by molar-refractivity contribution is -0.144. The Bertz CT molecular complexity index is 596. The zero-order valence-electron chi connectivity index (χ0n) is 11.3. The molecule has 2 atom stereocenters. The minimum atomic E-state index is -3.82. The van der Waals surface area contributed by atoms with E-state index in [1.807, 2.05) is 6.92 Å². The second-order valence-electron chi connectivity index (χ2n) is 4.82. The van der Waals surface area contributed by atoms with E-state index in [0.29, 0.717) is 0 Å². The molecule has 0 bridgehead atoms. The number of nitrogens with zero attached hydrogens (tertiary/aromatic N) is 1. The smallest absolute Gasteiger partial charge is 0.324 e. The average Bonchev–Trinajstić information content (AvgIpc) is 2.81. The number of benzene rings is 1. The van der Waals surface area contributed by atoms with E-state index in [9.17, 15) is 18.3 Å². The van der Waals surface area contributed by atoms with Crippen LogP contribution in [0.1, 0.15) is 12.0 Å². The van der Waals surface area contributed by atoms with Crippen molar-refractivity contribution in [2.75, 3.05) is 13.7 Å². The molecule has 1 aliphatic heterocycles. The quantitative estimate of drug-likeness (QED) is 0.811. The number of hydrogen-bond donors (Lipinski definition) is 1. The van der Waals surface area contributed by atoms with Crippen LogP contribution in [0.5, 0.6) is 0 Å². The number of ether oxygens (including phenoxy) is 1. The number of aliphatic hydroxyl groups excluding tert-OH is 1. The third-order valence-corrected chi connectivity index (χ3v) is 5.22. The van der Waals surface area contributed by atoms with Gasteiger partial charge < -0.3 is 9.84 Å². The van der Waals surface area contributed by atoms with Gasteiger partial charge in [-0.1, -0.05) is 17.7 Å². The molecular formula is C13H17NO5S. The molecule has 0 amide bonds. The van der Waals surface area contributed by atoms with Crippen LogP contribution in [0, 0.1) is 6.92 Å². The van der Waals surface area contributed by atoms with Crippen molar-refractivity contribution in [3.63, 3.8) is 0 Å². The molecule has 0 saturated carbocycles. The van der Waals surface area contributed by atoms with Gasteiger partial charge >= 0.3 is 5.97 Å². The number of methoxy groups -OCH3 is 1. The van der Waals surface area contributed by atoms with Crippen molar-refractivity contribution in [1.29, 1.82) is 0 Å². The molecule has 2 rings (SSSR count). The van der Waals surface area contributed by atoms with Crippen LogP contribution in [0.15, 0.2) is 29.2 Å². The first-order valence-corrected chi connectivity index (χ1v) is 7.64. The Hall–Kier alpha value is -1.44. The van der Waals surface area contributed by atoms with Gasteiger partial charge in [-0.05, 0) is 19.1 Å². The molecular weight excluding hydrogens is 282 g/mol. The minimum Gasteiger partial charge on any atom is -0.468 e. The highest BCUT2D eigenvalue weighted by atomic mass is 32.2. The van der Waals surface area contributed by atoms with Gasteiger partial charge in [0.2, 0.25) is 10.0 Å².